The summed E-state index contributed by atoms with van der Waals surface area (Å²) in [6.07, 6.45) is -2.66. The number of ether oxygens (including phenoxy) is 1. The largest absolute Gasteiger partial charge is 0.390 e. The van der Waals surface area contributed by atoms with E-state index in [2.05, 4.69) is 0 Å². The molecule has 0 aliphatic carbocycles. The van der Waals surface area contributed by atoms with Crippen LogP contribution in [0.15, 0.2) is 21.9 Å². The zero-order chi connectivity index (χ0) is 14.4. The van der Waals surface area contributed by atoms with Gasteiger partial charge in [-0.1, -0.05) is 0 Å². The Kier molecular flexibility index (Phi) is 3.09. The summed E-state index contributed by atoms with van der Waals surface area (Å²) in [6.45, 7) is -0.143. The Morgan fingerprint density at radius 2 is 2.21 bits per heavy atom. The van der Waals surface area contributed by atoms with Crippen LogP contribution in [0, 0.1) is 0 Å². The van der Waals surface area contributed by atoms with E-state index in [1.54, 1.807) is 0 Å². The number of halogens is 1. The number of H-pyrrole nitrogens is 1. The zero-order valence-corrected chi connectivity index (χ0v) is 9.91. The molecule has 0 amide bonds. The lowest BCUT2D eigenvalue weighted by Crippen LogP contribution is -2.49. The van der Waals surface area contributed by atoms with Gasteiger partial charge in [0, 0.05) is 12.3 Å². The van der Waals surface area contributed by atoms with Crippen LogP contribution in [0.25, 0.3) is 0 Å². The van der Waals surface area contributed by atoms with Gasteiger partial charge in [-0.25, -0.2) is 9.18 Å². The van der Waals surface area contributed by atoms with Gasteiger partial charge < -0.3 is 20.1 Å². The standard InChI is InChI=1S/C10H13FN2O6/c1-9(18)6(16)10(11,4-14)19-7(9)13-3-2-5(15)12-8(13)17/h2-3,6-7,14,16,18H,4H2,1H3,(H,12,15,17)/t6-,7+,9+,10+/m0/s1. The number of rotatable bonds is 2. The number of aliphatic hydroxyl groups excluding tert-OH is 2. The minimum Gasteiger partial charge on any atom is -0.390 e. The van der Waals surface area contributed by atoms with Crippen molar-refractivity contribution in [1.82, 2.24) is 9.55 Å². The van der Waals surface area contributed by atoms with Gasteiger partial charge >= 0.3 is 5.69 Å². The monoisotopic (exact) mass is 276 g/mol. The molecule has 2 rings (SSSR count). The molecule has 0 saturated carbocycles. The van der Waals surface area contributed by atoms with Crippen LogP contribution in [0.4, 0.5) is 4.39 Å². The third-order valence-electron chi connectivity index (χ3n) is 3.09. The van der Waals surface area contributed by atoms with Crippen LogP contribution in [0.1, 0.15) is 13.2 Å². The summed E-state index contributed by atoms with van der Waals surface area (Å²) in [6, 6.07) is 0.977. The van der Waals surface area contributed by atoms with Crippen molar-refractivity contribution in [1.29, 1.82) is 0 Å². The minimum absolute atomic E-state index is 0.673. The molecule has 106 valence electrons. The van der Waals surface area contributed by atoms with E-state index in [4.69, 9.17) is 9.84 Å². The molecular weight excluding hydrogens is 263 g/mol. The highest BCUT2D eigenvalue weighted by Crippen LogP contribution is 2.44. The first-order valence-corrected chi connectivity index (χ1v) is 5.42. The van der Waals surface area contributed by atoms with E-state index in [1.807, 2.05) is 4.98 Å². The van der Waals surface area contributed by atoms with Gasteiger partial charge in [0.2, 0.25) is 0 Å². The summed E-state index contributed by atoms with van der Waals surface area (Å²) >= 11 is 0. The summed E-state index contributed by atoms with van der Waals surface area (Å²) < 4.78 is 19.5. The Morgan fingerprint density at radius 1 is 1.58 bits per heavy atom. The van der Waals surface area contributed by atoms with Gasteiger partial charge in [-0.05, 0) is 6.92 Å². The first kappa shape index (κ1) is 13.9. The van der Waals surface area contributed by atoms with E-state index >= 15 is 0 Å². The smallest absolute Gasteiger partial charge is 0.330 e. The molecule has 1 aliphatic rings. The maximum atomic E-state index is 14.0. The van der Waals surface area contributed by atoms with Gasteiger partial charge in [-0.15, -0.1) is 0 Å². The summed E-state index contributed by atoms with van der Waals surface area (Å²) in [5.41, 5.74) is -3.78. The Labute approximate surface area is 105 Å². The van der Waals surface area contributed by atoms with Crippen molar-refractivity contribution in [2.45, 2.75) is 30.7 Å². The van der Waals surface area contributed by atoms with Crippen LogP contribution in [0.5, 0.6) is 0 Å². The molecule has 0 radical (unpaired) electrons. The summed E-state index contributed by atoms with van der Waals surface area (Å²) in [5, 5.41) is 28.6. The second kappa shape index (κ2) is 4.23. The molecule has 9 heteroatoms. The highest BCUT2D eigenvalue weighted by atomic mass is 19.2. The van der Waals surface area contributed by atoms with Gasteiger partial charge in [-0.2, -0.15) is 0 Å². The van der Waals surface area contributed by atoms with Crippen molar-refractivity contribution in [2.24, 2.45) is 0 Å². The fraction of sp³-hybridized carbons (Fsp3) is 0.600. The van der Waals surface area contributed by atoms with Crippen molar-refractivity contribution in [3.63, 3.8) is 0 Å². The van der Waals surface area contributed by atoms with Crippen LogP contribution in [-0.4, -0.2) is 49.0 Å². The lowest BCUT2D eigenvalue weighted by Gasteiger charge is -2.27. The number of hydrogen-bond acceptors (Lipinski definition) is 6. The van der Waals surface area contributed by atoms with Crippen LogP contribution in [0.2, 0.25) is 0 Å². The molecule has 19 heavy (non-hydrogen) atoms. The number of aromatic nitrogens is 2. The summed E-state index contributed by atoms with van der Waals surface area (Å²) in [7, 11) is 0. The lowest BCUT2D eigenvalue weighted by atomic mass is 9.95. The van der Waals surface area contributed by atoms with E-state index in [1.165, 1.54) is 0 Å². The number of aliphatic hydroxyl groups is 3. The minimum atomic E-state index is -2.90. The van der Waals surface area contributed by atoms with Gasteiger partial charge in [0.05, 0.1) is 0 Å². The van der Waals surface area contributed by atoms with Crippen LogP contribution < -0.4 is 11.2 Å². The fourth-order valence-corrected chi connectivity index (χ4v) is 2.01. The Balaban J connectivity index is 2.51. The Bertz CT molecular complexity index is 596. The number of nitrogens with zero attached hydrogens (tertiary/aromatic N) is 1. The van der Waals surface area contributed by atoms with Crippen LogP contribution in [0.3, 0.4) is 0 Å². The SMILES string of the molecule is C[C@]1(O)[C@H](n2ccc(=O)[nH]c2=O)O[C@](F)(CO)[C@H]1O. The number of aromatic amines is 1. The number of alkyl halides is 1. The average Bonchev–Trinajstić information content (AvgIpc) is 2.51. The predicted octanol–water partition coefficient (Wildman–Crippen LogP) is -2.16. The first-order chi connectivity index (χ1) is 8.72. The molecule has 0 bridgehead atoms. The van der Waals surface area contributed by atoms with Crippen molar-refractivity contribution in [3.8, 4) is 0 Å². The zero-order valence-electron chi connectivity index (χ0n) is 9.91. The molecule has 4 N–H and O–H groups in total. The fourth-order valence-electron chi connectivity index (χ4n) is 2.01. The van der Waals surface area contributed by atoms with Crippen molar-refractivity contribution < 1.29 is 24.4 Å². The van der Waals surface area contributed by atoms with E-state index in [0.717, 1.165) is 23.8 Å². The third-order valence-corrected chi connectivity index (χ3v) is 3.09. The Hall–Kier alpha value is -1.55. The maximum absolute atomic E-state index is 14.0. The number of hydrogen-bond donors (Lipinski definition) is 4. The molecule has 2 heterocycles. The molecular formula is C10H13FN2O6. The first-order valence-electron chi connectivity index (χ1n) is 5.42. The van der Waals surface area contributed by atoms with Gasteiger partial charge in [0.25, 0.3) is 11.4 Å². The van der Waals surface area contributed by atoms with Crippen molar-refractivity contribution in [3.05, 3.63) is 33.1 Å². The molecule has 8 nitrogen and oxygen atoms in total. The van der Waals surface area contributed by atoms with E-state index in [-0.39, 0.29) is 0 Å². The van der Waals surface area contributed by atoms with E-state index < -0.39 is 41.6 Å². The molecule has 1 aromatic rings. The number of nitrogens with one attached hydrogen (secondary N) is 1. The topological polar surface area (TPSA) is 125 Å². The van der Waals surface area contributed by atoms with Crippen LogP contribution >= 0.6 is 0 Å². The highest BCUT2D eigenvalue weighted by molar-refractivity contribution is 5.04. The second-order valence-corrected chi connectivity index (χ2v) is 4.56. The van der Waals surface area contributed by atoms with Crippen molar-refractivity contribution >= 4 is 0 Å². The van der Waals surface area contributed by atoms with Gasteiger partial charge in [0.1, 0.15) is 18.3 Å². The second-order valence-electron chi connectivity index (χ2n) is 4.56. The summed E-state index contributed by atoms with van der Waals surface area (Å²) in [4.78, 5) is 24.4. The highest BCUT2D eigenvalue weighted by Gasteiger charge is 2.62. The van der Waals surface area contributed by atoms with Crippen LogP contribution in [-0.2, 0) is 4.74 Å². The van der Waals surface area contributed by atoms with E-state index in [0.29, 0.717) is 0 Å². The normalized spacial score (nSPS) is 38.6. The molecule has 0 unspecified atom stereocenters. The molecule has 1 aromatic heterocycles. The average molecular weight is 276 g/mol. The molecule has 1 saturated heterocycles. The van der Waals surface area contributed by atoms with Crippen molar-refractivity contribution in [2.75, 3.05) is 6.61 Å². The predicted molar refractivity (Wildman–Crippen MR) is 59.0 cm³/mol. The molecule has 1 aliphatic heterocycles. The van der Waals surface area contributed by atoms with Gasteiger partial charge in [0.15, 0.2) is 6.23 Å². The quantitative estimate of drug-likeness (QED) is 0.487. The molecule has 1 fully saturated rings. The maximum Gasteiger partial charge on any atom is 0.330 e. The lowest BCUT2D eigenvalue weighted by molar-refractivity contribution is -0.207. The Morgan fingerprint density at radius 3 is 2.68 bits per heavy atom. The molecule has 0 aromatic carbocycles. The molecule has 0 spiro atoms. The van der Waals surface area contributed by atoms with E-state index in [9.17, 15) is 24.2 Å². The molecule has 4 atom stereocenters. The third kappa shape index (κ3) is 2.00. The van der Waals surface area contributed by atoms with Gasteiger partial charge in [-0.3, -0.25) is 14.3 Å². The summed E-state index contributed by atoms with van der Waals surface area (Å²) in [5.74, 6) is -2.90.